The van der Waals surface area contributed by atoms with E-state index in [9.17, 15) is 9.90 Å². The Morgan fingerprint density at radius 1 is 0.917 bits per heavy atom. The third-order valence-corrected chi connectivity index (χ3v) is 6.49. The third kappa shape index (κ3) is 2.15. The first-order chi connectivity index (χ1) is 11.7. The fourth-order valence-corrected chi connectivity index (χ4v) is 5.59. The van der Waals surface area contributed by atoms with Crippen LogP contribution in [0.25, 0.3) is 25.1 Å². The van der Waals surface area contributed by atoms with Gasteiger partial charge >= 0.3 is 5.97 Å². The molecule has 0 saturated carbocycles. The highest BCUT2D eigenvalue weighted by Crippen LogP contribution is 2.51. The van der Waals surface area contributed by atoms with Crippen molar-refractivity contribution < 1.29 is 14.6 Å². The minimum atomic E-state index is -0.928. The quantitative estimate of drug-likeness (QED) is 0.507. The van der Waals surface area contributed by atoms with E-state index in [1.807, 2.05) is 24.3 Å². The molecule has 0 aliphatic carbocycles. The van der Waals surface area contributed by atoms with Crippen molar-refractivity contribution in [2.75, 3.05) is 7.11 Å². The highest BCUT2D eigenvalue weighted by molar-refractivity contribution is 7.50. The zero-order valence-corrected chi connectivity index (χ0v) is 13.8. The second kappa shape index (κ2) is 5.65. The summed E-state index contributed by atoms with van der Waals surface area (Å²) >= 11 is 0. The molecule has 0 aliphatic heterocycles. The summed E-state index contributed by atoms with van der Waals surface area (Å²) in [5.74, 6) is -0.210. The van der Waals surface area contributed by atoms with Crippen LogP contribution in [0.3, 0.4) is 0 Å². The number of rotatable bonds is 3. The fraction of sp³-hybridized carbons (Fsp3) is 0.0500. The number of carboxylic acids is 1. The number of benzene rings is 3. The summed E-state index contributed by atoms with van der Waals surface area (Å²) in [7, 11) is 1.25. The predicted molar refractivity (Wildman–Crippen MR) is 98.8 cm³/mol. The molecule has 0 radical (unpaired) electrons. The molecule has 1 heterocycles. The van der Waals surface area contributed by atoms with E-state index < -0.39 is 5.97 Å². The van der Waals surface area contributed by atoms with Gasteiger partial charge in [-0.1, -0.05) is 24.3 Å². The van der Waals surface area contributed by atoms with Crippen molar-refractivity contribution in [1.82, 2.24) is 0 Å². The van der Waals surface area contributed by atoms with Gasteiger partial charge in [0.25, 0.3) is 0 Å². The lowest BCUT2D eigenvalue weighted by molar-refractivity contribution is 0.0697. The second-order valence-electron chi connectivity index (χ2n) is 5.47. The van der Waals surface area contributed by atoms with Gasteiger partial charge in [-0.2, -0.15) is 0 Å². The number of ether oxygens (including phenoxy) is 1. The summed E-state index contributed by atoms with van der Waals surface area (Å²) < 4.78 is 7.95. The third-order valence-electron chi connectivity index (χ3n) is 4.13. The van der Waals surface area contributed by atoms with Crippen molar-refractivity contribution in [3.8, 4) is 10.6 Å². The van der Waals surface area contributed by atoms with Gasteiger partial charge in [0.15, 0.2) is 15.1 Å². The molecule has 0 aliphatic rings. The van der Waals surface area contributed by atoms with Gasteiger partial charge in [0.2, 0.25) is 4.90 Å². The topological polar surface area (TPSA) is 46.5 Å². The van der Waals surface area contributed by atoms with Crippen LogP contribution in [-0.2, 0) is 0 Å². The summed E-state index contributed by atoms with van der Waals surface area (Å²) in [6, 6.07) is 21.7. The van der Waals surface area contributed by atoms with Crippen LogP contribution in [0.1, 0.15) is 10.4 Å². The van der Waals surface area contributed by atoms with E-state index in [1.54, 1.807) is 25.3 Å². The molecule has 3 aromatic carbocycles. The monoisotopic (exact) mass is 335 g/mol. The van der Waals surface area contributed by atoms with E-state index in [-0.39, 0.29) is 16.0 Å². The van der Waals surface area contributed by atoms with Crippen molar-refractivity contribution >= 4 is 36.6 Å². The van der Waals surface area contributed by atoms with Crippen molar-refractivity contribution in [2.45, 2.75) is 0 Å². The Morgan fingerprint density at radius 2 is 1.50 bits per heavy atom. The lowest BCUT2D eigenvalue weighted by atomic mass is 10.2. The average molecular weight is 335 g/mol. The van der Waals surface area contributed by atoms with Crippen LogP contribution < -0.4 is 4.74 Å². The van der Waals surface area contributed by atoms with Gasteiger partial charge in [-0.3, -0.25) is 0 Å². The summed E-state index contributed by atoms with van der Waals surface area (Å²) in [6.45, 7) is 0. The predicted octanol–water partition coefficient (Wildman–Crippen LogP) is 5.44. The molecule has 1 aromatic heterocycles. The first-order valence-electron chi connectivity index (χ1n) is 7.55. The molecule has 0 bridgehead atoms. The van der Waals surface area contributed by atoms with Crippen LogP contribution in [0.4, 0.5) is 0 Å². The molecule has 3 nitrogen and oxygen atoms in total. The molecule has 4 rings (SSSR count). The van der Waals surface area contributed by atoms with E-state index >= 15 is 0 Å². The SMILES string of the molecule is COc1ccc(C(=O)O)cc1-[s+]1c2ccccc2c2ccccc21. The zero-order chi connectivity index (χ0) is 16.7. The molecule has 0 fully saturated rings. The molecule has 0 unspecified atom stereocenters. The largest absolute Gasteiger partial charge is 0.491 e. The Bertz CT molecular complexity index is 1030. The highest BCUT2D eigenvalue weighted by Gasteiger charge is 2.27. The first kappa shape index (κ1) is 14.7. The maximum atomic E-state index is 11.4. The minimum Gasteiger partial charge on any atom is -0.491 e. The van der Waals surface area contributed by atoms with Gasteiger partial charge in [-0.15, -0.1) is 0 Å². The van der Waals surface area contributed by atoms with Gasteiger partial charge in [-0.25, -0.2) is 4.79 Å². The summed E-state index contributed by atoms with van der Waals surface area (Å²) in [5.41, 5.74) is 0.278. The number of hydrogen-bond acceptors (Lipinski definition) is 2. The molecule has 4 aromatic rings. The van der Waals surface area contributed by atoms with Crippen LogP contribution in [0, 0.1) is 0 Å². The number of thiophene rings is 1. The standard InChI is InChI=1S/C20H14O3S/c1-23-16-11-10-13(20(21)22)12-19(16)24-17-8-4-2-6-14(17)15-7-3-5-9-18(15)24/h2-12H,1H3/p+1. The number of carboxylic acid groups (broad SMARTS) is 1. The van der Waals surface area contributed by atoms with Gasteiger partial charge in [0.1, 0.15) is 0 Å². The van der Waals surface area contributed by atoms with Crippen molar-refractivity contribution in [2.24, 2.45) is 0 Å². The molecule has 4 heteroatoms. The smallest absolute Gasteiger partial charge is 0.335 e. The molecule has 0 amide bonds. The van der Waals surface area contributed by atoms with E-state index in [2.05, 4.69) is 24.3 Å². The molecule has 1 N–H and O–H groups in total. The van der Waals surface area contributed by atoms with Gasteiger partial charge in [0.05, 0.1) is 12.7 Å². The van der Waals surface area contributed by atoms with Crippen molar-refractivity contribution in [1.29, 1.82) is 0 Å². The van der Waals surface area contributed by atoms with Crippen LogP contribution in [-0.4, -0.2) is 18.2 Å². The molecule has 24 heavy (non-hydrogen) atoms. The van der Waals surface area contributed by atoms with E-state index in [1.165, 1.54) is 20.2 Å². The fourth-order valence-electron chi connectivity index (χ4n) is 3.06. The Kier molecular flexibility index (Phi) is 3.47. The van der Waals surface area contributed by atoms with E-state index in [0.717, 1.165) is 10.6 Å². The normalized spacial score (nSPS) is 11.0. The molecular formula is C20H15O3S+. The Hall–Kier alpha value is -2.85. The Balaban J connectivity index is 2.16. The molecule has 118 valence electrons. The van der Waals surface area contributed by atoms with Crippen molar-refractivity contribution in [3.05, 3.63) is 72.3 Å². The summed E-state index contributed by atoms with van der Waals surface area (Å²) in [6.07, 6.45) is 0. The van der Waals surface area contributed by atoms with Gasteiger partial charge < -0.3 is 9.84 Å². The Morgan fingerprint density at radius 3 is 2.04 bits per heavy atom. The Labute approximate surface area is 141 Å². The van der Waals surface area contributed by atoms with Gasteiger partial charge in [0, 0.05) is 27.3 Å². The molecular weight excluding hydrogens is 320 g/mol. The van der Waals surface area contributed by atoms with E-state index in [0.29, 0.717) is 0 Å². The van der Waals surface area contributed by atoms with Crippen LogP contribution in [0.2, 0.25) is 0 Å². The number of fused-ring (bicyclic) bond motifs is 3. The number of methoxy groups -OCH3 is 1. The summed E-state index contributed by atoms with van der Waals surface area (Å²) in [4.78, 5) is 12.3. The van der Waals surface area contributed by atoms with Crippen LogP contribution >= 0.6 is 10.5 Å². The molecule has 0 saturated heterocycles. The highest BCUT2D eigenvalue weighted by atomic mass is 32.2. The van der Waals surface area contributed by atoms with Crippen LogP contribution in [0.5, 0.6) is 5.75 Å². The lowest BCUT2D eigenvalue weighted by Gasteiger charge is -2.04. The van der Waals surface area contributed by atoms with E-state index in [4.69, 9.17) is 4.74 Å². The van der Waals surface area contributed by atoms with Crippen LogP contribution in [0.15, 0.2) is 66.7 Å². The first-order valence-corrected chi connectivity index (χ1v) is 8.77. The number of hydrogen-bond donors (Lipinski definition) is 1. The molecule has 0 spiro atoms. The van der Waals surface area contributed by atoms with Crippen molar-refractivity contribution in [3.63, 3.8) is 0 Å². The van der Waals surface area contributed by atoms with Gasteiger partial charge in [-0.05, 0) is 36.4 Å². The zero-order valence-electron chi connectivity index (χ0n) is 13.0. The lowest BCUT2D eigenvalue weighted by Crippen LogP contribution is -1.97. The second-order valence-corrected chi connectivity index (χ2v) is 7.40. The maximum Gasteiger partial charge on any atom is 0.335 e. The minimum absolute atomic E-state index is 0.278. The number of aromatic carboxylic acids is 1. The molecule has 0 atom stereocenters. The number of carbonyl (C=O) groups is 1. The average Bonchev–Trinajstić information content (AvgIpc) is 2.95. The summed E-state index contributed by atoms with van der Waals surface area (Å²) in [5, 5.41) is 11.8. The maximum absolute atomic E-state index is 11.4.